The van der Waals surface area contributed by atoms with Crippen LogP contribution in [0.15, 0.2) is 12.1 Å². The molecule has 6 heteroatoms. The first-order valence-electron chi connectivity index (χ1n) is 3.69. The molecule has 1 heterocycles. The average molecular weight is 221 g/mol. The van der Waals surface area contributed by atoms with Gasteiger partial charge in [0.25, 0.3) is 12.3 Å². The number of pyridine rings is 1. The summed E-state index contributed by atoms with van der Waals surface area (Å²) in [5, 5.41) is 0. The van der Waals surface area contributed by atoms with Gasteiger partial charge in [-0.2, -0.15) is 0 Å². The summed E-state index contributed by atoms with van der Waals surface area (Å²) >= 11 is 5.42. The zero-order valence-corrected chi connectivity index (χ0v) is 7.76. The van der Waals surface area contributed by atoms with Crippen molar-refractivity contribution in [3.05, 3.63) is 29.1 Å². The number of halogens is 3. The van der Waals surface area contributed by atoms with E-state index in [2.05, 4.69) is 4.98 Å². The highest BCUT2D eigenvalue weighted by molar-refractivity contribution is 6.16. The SMILES string of the molecule is NC(=O)c1cc(C(F)F)cc(CCl)n1. The topological polar surface area (TPSA) is 56.0 Å². The smallest absolute Gasteiger partial charge is 0.267 e. The molecule has 1 amide bonds. The number of amides is 1. The summed E-state index contributed by atoms with van der Waals surface area (Å²) in [5.41, 5.74) is 4.63. The molecule has 0 aliphatic rings. The van der Waals surface area contributed by atoms with Crippen molar-refractivity contribution in [3.63, 3.8) is 0 Å². The number of hydrogen-bond donors (Lipinski definition) is 1. The molecule has 0 radical (unpaired) electrons. The Labute approximate surface area is 83.9 Å². The van der Waals surface area contributed by atoms with E-state index in [4.69, 9.17) is 17.3 Å². The number of nitrogens with zero attached hydrogens (tertiary/aromatic N) is 1. The summed E-state index contributed by atoms with van der Waals surface area (Å²) in [4.78, 5) is 14.4. The molecule has 2 N–H and O–H groups in total. The largest absolute Gasteiger partial charge is 0.364 e. The van der Waals surface area contributed by atoms with Crippen molar-refractivity contribution in [1.82, 2.24) is 4.98 Å². The van der Waals surface area contributed by atoms with Gasteiger partial charge >= 0.3 is 0 Å². The Morgan fingerprint density at radius 2 is 2.21 bits per heavy atom. The third-order valence-corrected chi connectivity index (χ3v) is 1.82. The second kappa shape index (κ2) is 4.32. The van der Waals surface area contributed by atoms with Crippen LogP contribution in [-0.4, -0.2) is 10.9 Å². The first kappa shape index (κ1) is 10.8. The van der Waals surface area contributed by atoms with Crippen LogP contribution >= 0.6 is 11.6 Å². The molecule has 0 unspecified atom stereocenters. The monoisotopic (exact) mass is 220 g/mol. The van der Waals surface area contributed by atoms with E-state index >= 15 is 0 Å². The van der Waals surface area contributed by atoms with E-state index < -0.39 is 12.3 Å². The van der Waals surface area contributed by atoms with Crippen molar-refractivity contribution < 1.29 is 13.6 Å². The van der Waals surface area contributed by atoms with Crippen LogP contribution in [0.5, 0.6) is 0 Å². The molecule has 1 aromatic heterocycles. The highest BCUT2D eigenvalue weighted by atomic mass is 35.5. The lowest BCUT2D eigenvalue weighted by Gasteiger charge is -2.04. The number of hydrogen-bond acceptors (Lipinski definition) is 2. The van der Waals surface area contributed by atoms with Crippen LogP contribution in [0.2, 0.25) is 0 Å². The van der Waals surface area contributed by atoms with E-state index in [1.54, 1.807) is 0 Å². The van der Waals surface area contributed by atoms with Crippen molar-refractivity contribution in [3.8, 4) is 0 Å². The van der Waals surface area contributed by atoms with Gasteiger partial charge in [-0.25, -0.2) is 13.8 Å². The van der Waals surface area contributed by atoms with Gasteiger partial charge in [-0.1, -0.05) is 0 Å². The molecular weight excluding hydrogens is 214 g/mol. The Morgan fingerprint density at radius 3 is 2.64 bits per heavy atom. The molecule has 14 heavy (non-hydrogen) atoms. The van der Waals surface area contributed by atoms with E-state index in [1.807, 2.05) is 0 Å². The van der Waals surface area contributed by atoms with Crippen molar-refractivity contribution >= 4 is 17.5 Å². The molecule has 0 spiro atoms. The van der Waals surface area contributed by atoms with Gasteiger partial charge in [-0.05, 0) is 12.1 Å². The molecule has 3 nitrogen and oxygen atoms in total. The summed E-state index contributed by atoms with van der Waals surface area (Å²) in [5.74, 6) is -0.889. The highest BCUT2D eigenvalue weighted by Crippen LogP contribution is 2.20. The van der Waals surface area contributed by atoms with Gasteiger partial charge in [-0.15, -0.1) is 11.6 Å². The van der Waals surface area contributed by atoms with Crippen molar-refractivity contribution in [2.75, 3.05) is 0 Å². The van der Waals surface area contributed by atoms with E-state index in [0.717, 1.165) is 12.1 Å². The number of carbonyl (C=O) groups is 1. The van der Waals surface area contributed by atoms with E-state index in [9.17, 15) is 13.6 Å². The fraction of sp³-hybridized carbons (Fsp3) is 0.250. The Bertz CT molecular complexity index is 357. The molecule has 0 saturated carbocycles. The Kier molecular flexibility index (Phi) is 3.35. The van der Waals surface area contributed by atoms with Crippen LogP contribution in [0.25, 0.3) is 0 Å². The zero-order valence-electron chi connectivity index (χ0n) is 7.01. The normalized spacial score (nSPS) is 10.6. The first-order valence-corrected chi connectivity index (χ1v) is 4.23. The molecule has 1 aromatic rings. The molecule has 1 rings (SSSR count). The Hall–Kier alpha value is -1.23. The number of rotatable bonds is 3. The van der Waals surface area contributed by atoms with Crippen molar-refractivity contribution in [1.29, 1.82) is 0 Å². The first-order chi connectivity index (χ1) is 6.54. The molecule has 0 saturated heterocycles. The van der Waals surface area contributed by atoms with E-state index in [0.29, 0.717) is 0 Å². The molecule has 0 aliphatic heterocycles. The predicted molar refractivity (Wildman–Crippen MR) is 47.3 cm³/mol. The second-order valence-electron chi connectivity index (χ2n) is 2.58. The maximum atomic E-state index is 12.3. The summed E-state index contributed by atoms with van der Waals surface area (Å²) in [7, 11) is 0. The van der Waals surface area contributed by atoms with Crippen LogP contribution in [-0.2, 0) is 5.88 Å². The van der Waals surface area contributed by atoms with Crippen LogP contribution in [0.3, 0.4) is 0 Å². The second-order valence-corrected chi connectivity index (χ2v) is 2.84. The van der Waals surface area contributed by atoms with E-state index in [-0.39, 0.29) is 22.8 Å². The molecule has 0 aromatic carbocycles. The quantitative estimate of drug-likeness (QED) is 0.791. The van der Waals surface area contributed by atoms with Crippen molar-refractivity contribution in [2.24, 2.45) is 5.73 Å². The lowest BCUT2D eigenvalue weighted by molar-refractivity contribution is 0.0994. The molecule has 0 bridgehead atoms. The Balaban J connectivity index is 3.20. The zero-order chi connectivity index (χ0) is 10.7. The maximum absolute atomic E-state index is 12.3. The fourth-order valence-corrected chi connectivity index (χ4v) is 1.07. The lowest BCUT2D eigenvalue weighted by atomic mass is 10.2. The van der Waals surface area contributed by atoms with Gasteiger partial charge in [0.2, 0.25) is 0 Å². The predicted octanol–water partition coefficient (Wildman–Crippen LogP) is 1.86. The Morgan fingerprint density at radius 1 is 1.57 bits per heavy atom. The number of alkyl halides is 3. The van der Waals surface area contributed by atoms with Gasteiger partial charge in [0.05, 0.1) is 11.6 Å². The number of carbonyl (C=O) groups excluding carboxylic acids is 1. The average Bonchev–Trinajstić information content (AvgIpc) is 2.16. The molecule has 0 fully saturated rings. The van der Waals surface area contributed by atoms with E-state index in [1.165, 1.54) is 0 Å². The maximum Gasteiger partial charge on any atom is 0.267 e. The number of aromatic nitrogens is 1. The third kappa shape index (κ3) is 2.38. The van der Waals surface area contributed by atoms with Gasteiger partial charge in [0, 0.05) is 5.56 Å². The molecule has 76 valence electrons. The minimum Gasteiger partial charge on any atom is -0.364 e. The fourth-order valence-electron chi connectivity index (χ4n) is 0.932. The summed E-state index contributed by atoms with van der Waals surface area (Å²) in [6.45, 7) is 0. The van der Waals surface area contributed by atoms with Crippen LogP contribution < -0.4 is 5.73 Å². The van der Waals surface area contributed by atoms with Gasteiger partial charge in [-0.3, -0.25) is 4.79 Å². The highest BCUT2D eigenvalue weighted by Gasteiger charge is 2.13. The third-order valence-electron chi connectivity index (χ3n) is 1.54. The summed E-state index contributed by atoms with van der Waals surface area (Å²) < 4.78 is 24.6. The minimum absolute atomic E-state index is 0.0408. The molecule has 0 aliphatic carbocycles. The van der Waals surface area contributed by atoms with Crippen LogP contribution in [0, 0.1) is 0 Å². The van der Waals surface area contributed by atoms with Crippen molar-refractivity contribution in [2.45, 2.75) is 12.3 Å². The number of nitrogens with two attached hydrogens (primary N) is 1. The van der Waals surface area contributed by atoms with Gasteiger partial charge in [0.15, 0.2) is 0 Å². The van der Waals surface area contributed by atoms with Crippen LogP contribution in [0.1, 0.15) is 28.2 Å². The summed E-state index contributed by atoms with van der Waals surface area (Å²) in [6.07, 6.45) is -2.67. The molecular formula is C8H7ClF2N2O. The molecule has 0 atom stereocenters. The van der Waals surface area contributed by atoms with Crippen LogP contribution in [0.4, 0.5) is 8.78 Å². The van der Waals surface area contributed by atoms with Gasteiger partial charge < -0.3 is 5.73 Å². The van der Waals surface area contributed by atoms with Gasteiger partial charge in [0.1, 0.15) is 5.69 Å². The standard InChI is InChI=1S/C8H7ClF2N2O/c9-3-5-1-4(7(10)11)2-6(13-5)8(12)14/h1-2,7H,3H2,(H2,12,14). The lowest BCUT2D eigenvalue weighted by Crippen LogP contribution is -2.14. The minimum atomic E-state index is -2.67. The number of primary amides is 1. The summed E-state index contributed by atoms with van der Waals surface area (Å²) in [6, 6.07) is 2.10.